The van der Waals surface area contributed by atoms with Crippen molar-refractivity contribution in [1.29, 1.82) is 0 Å². The Bertz CT molecular complexity index is 547. The molecule has 0 aliphatic rings. The molecule has 0 saturated heterocycles. The van der Waals surface area contributed by atoms with Crippen molar-refractivity contribution >= 4 is 17.0 Å². The van der Waals surface area contributed by atoms with Crippen molar-refractivity contribution in [3.63, 3.8) is 0 Å². The van der Waals surface area contributed by atoms with E-state index in [1.807, 2.05) is 39.1 Å². The van der Waals surface area contributed by atoms with Gasteiger partial charge in [0.25, 0.3) is 5.95 Å². The molecule has 3 heteroatoms. The highest BCUT2D eigenvalue weighted by atomic mass is 16.7. The number of aryl methyl sites for hydroxylation is 1. The Morgan fingerprint density at radius 3 is 2.44 bits per heavy atom. The third-order valence-corrected chi connectivity index (χ3v) is 2.83. The van der Waals surface area contributed by atoms with Crippen LogP contribution >= 0.6 is 0 Å². The summed E-state index contributed by atoms with van der Waals surface area (Å²) in [6.45, 7) is 5.12. The molecule has 0 saturated carbocycles. The van der Waals surface area contributed by atoms with Crippen molar-refractivity contribution in [2.75, 3.05) is 13.2 Å². The summed E-state index contributed by atoms with van der Waals surface area (Å²) in [4.78, 5) is 0. The SMILES string of the molecule is CCOC(=Cc1cc2ccccc2n1C)OCC. The Kier molecular flexibility index (Phi) is 3.92. The summed E-state index contributed by atoms with van der Waals surface area (Å²) < 4.78 is 13.1. The van der Waals surface area contributed by atoms with E-state index in [0.29, 0.717) is 19.2 Å². The Morgan fingerprint density at radius 1 is 1.17 bits per heavy atom. The smallest absolute Gasteiger partial charge is 0.281 e. The maximum atomic E-state index is 5.46. The van der Waals surface area contributed by atoms with Crippen molar-refractivity contribution in [2.45, 2.75) is 13.8 Å². The summed E-state index contributed by atoms with van der Waals surface area (Å²) >= 11 is 0. The zero-order valence-corrected chi connectivity index (χ0v) is 11.1. The van der Waals surface area contributed by atoms with Gasteiger partial charge in [0.2, 0.25) is 0 Å². The van der Waals surface area contributed by atoms with E-state index < -0.39 is 0 Å². The molecule has 3 nitrogen and oxygen atoms in total. The normalized spacial score (nSPS) is 10.4. The molecule has 0 amide bonds. The number of para-hydroxylation sites is 1. The molecule has 0 unspecified atom stereocenters. The summed E-state index contributed by atoms with van der Waals surface area (Å²) in [6.07, 6.45) is 1.94. The molecule has 0 spiro atoms. The van der Waals surface area contributed by atoms with Gasteiger partial charge in [-0.1, -0.05) is 18.2 Å². The second-order valence-electron chi connectivity index (χ2n) is 4.02. The van der Waals surface area contributed by atoms with Crippen molar-refractivity contribution in [2.24, 2.45) is 7.05 Å². The van der Waals surface area contributed by atoms with Crippen LogP contribution in [0.1, 0.15) is 19.5 Å². The van der Waals surface area contributed by atoms with E-state index in [4.69, 9.17) is 9.47 Å². The van der Waals surface area contributed by atoms with Crippen LogP contribution in [0.15, 0.2) is 36.3 Å². The molecule has 0 aliphatic carbocycles. The molecule has 0 aliphatic heterocycles. The third kappa shape index (κ3) is 2.50. The van der Waals surface area contributed by atoms with Crippen LogP contribution < -0.4 is 0 Å². The van der Waals surface area contributed by atoms with Crippen LogP contribution in [0, 0.1) is 0 Å². The molecule has 96 valence electrons. The van der Waals surface area contributed by atoms with Crippen LogP contribution in [0.2, 0.25) is 0 Å². The monoisotopic (exact) mass is 245 g/mol. The van der Waals surface area contributed by atoms with Gasteiger partial charge in [0.1, 0.15) is 0 Å². The molecule has 0 atom stereocenters. The average Bonchev–Trinajstić information content (AvgIpc) is 2.68. The second-order valence-corrected chi connectivity index (χ2v) is 4.02. The van der Waals surface area contributed by atoms with Crippen molar-refractivity contribution in [1.82, 2.24) is 4.57 Å². The van der Waals surface area contributed by atoms with Crippen LogP contribution in [-0.4, -0.2) is 17.8 Å². The molecule has 0 fully saturated rings. The molecule has 0 N–H and O–H groups in total. The van der Waals surface area contributed by atoms with Crippen LogP contribution in [0.5, 0.6) is 0 Å². The minimum atomic E-state index is 0.575. The molecule has 1 heterocycles. The minimum Gasteiger partial charge on any atom is -0.466 e. The number of benzene rings is 1. The molecule has 18 heavy (non-hydrogen) atoms. The summed E-state index contributed by atoms with van der Waals surface area (Å²) in [5, 5.41) is 1.22. The lowest BCUT2D eigenvalue weighted by atomic mass is 10.2. The number of hydrogen-bond acceptors (Lipinski definition) is 2. The summed E-state index contributed by atoms with van der Waals surface area (Å²) in [6, 6.07) is 10.4. The average molecular weight is 245 g/mol. The Labute approximate surface area is 108 Å². The zero-order chi connectivity index (χ0) is 13.0. The Hall–Kier alpha value is -1.90. The van der Waals surface area contributed by atoms with Crippen molar-refractivity contribution in [3.8, 4) is 0 Å². The van der Waals surface area contributed by atoms with E-state index in [1.165, 1.54) is 10.9 Å². The van der Waals surface area contributed by atoms with E-state index in [2.05, 4.69) is 22.8 Å². The Balaban J connectivity index is 2.40. The summed E-state index contributed by atoms with van der Waals surface area (Å²) in [7, 11) is 2.05. The van der Waals surface area contributed by atoms with E-state index in [0.717, 1.165) is 5.69 Å². The number of nitrogens with zero attached hydrogens (tertiary/aromatic N) is 1. The highest BCUT2D eigenvalue weighted by Crippen LogP contribution is 2.20. The van der Waals surface area contributed by atoms with Gasteiger partial charge in [0.05, 0.1) is 13.2 Å². The number of hydrogen-bond donors (Lipinski definition) is 0. The third-order valence-electron chi connectivity index (χ3n) is 2.83. The largest absolute Gasteiger partial charge is 0.466 e. The maximum absolute atomic E-state index is 5.46. The molecule has 0 bridgehead atoms. The molecule has 0 radical (unpaired) electrons. The topological polar surface area (TPSA) is 23.4 Å². The fraction of sp³-hybridized carbons (Fsp3) is 0.333. The first-order valence-electron chi connectivity index (χ1n) is 6.28. The van der Waals surface area contributed by atoms with Gasteiger partial charge in [0.15, 0.2) is 0 Å². The van der Waals surface area contributed by atoms with Crippen LogP contribution in [0.4, 0.5) is 0 Å². The van der Waals surface area contributed by atoms with Crippen molar-refractivity contribution in [3.05, 3.63) is 42.0 Å². The lowest BCUT2D eigenvalue weighted by molar-refractivity contribution is 0.0507. The lowest BCUT2D eigenvalue weighted by Gasteiger charge is -2.09. The number of aromatic nitrogens is 1. The molecule has 2 aromatic rings. The lowest BCUT2D eigenvalue weighted by Crippen LogP contribution is -1.99. The van der Waals surface area contributed by atoms with Crippen LogP contribution in [-0.2, 0) is 16.5 Å². The summed E-state index contributed by atoms with van der Waals surface area (Å²) in [5.74, 6) is 0.575. The molecule has 1 aromatic heterocycles. The van der Waals surface area contributed by atoms with Gasteiger partial charge in [-0.3, -0.25) is 0 Å². The quantitative estimate of drug-likeness (QED) is 0.752. The zero-order valence-electron chi connectivity index (χ0n) is 11.1. The molecule has 2 rings (SSSR count). The van der Waals surface area contributed by atoms with Gasteiger partial charge in [-0.05, 0) is 26.0 Å². The van der Waals surface area contributed by atoms with Crippen molar-refractivity contribution < 1.29 is 9.47 Å². The maximum Gasteiger partial charge on any atom is 0.281 e. The first-order valence-corrected chi connectivity index (χ1v) is 6.28. The predicted octanol–water partition coefficient (Wildman–Crippen LogP) is 3.55. The van der Waals surface area contributed by atoms with E-state index in [9.17, 15) is 0 Å². The van der Waals surface area contributed by atoms with E-state index in [-0.39, 0.29) is 0 Å². The minimum absolute atomic E-state index is 0.575. The Morgan fingerprint density at radius 2 is 1.83 bits per heavy atom. The molecular formula is C15H19NO2. The highest BCUT2D eigenvalue weighted by molar-refractivity contribution is 5.83. The number of ether oxygens (including phenoxy) is 2. The summed E-state index contributed by atoms with van der Waals surface area (Å²) in [5.41, 5.74) is 2.28. The van der Waals surface area contributed by atoms with Gasteiger partial charge >= 0.3 is 0 Å². The van der Waals surface area contributed by atoms with E-state index >= 15 is 0 Å². The highest BCUT2D eigenvalue weighted by Gasteiger charge is 2.05. The predicted molar refractivity (Wildman–Crippen MR) is 74.1 cm³/mol. The van der Waals surface area contributed by atoms with Gasteiger partial charge < -0.3 is 14.0 Å². The number of fused-ring (bicyclic) bond motifs is 1. The van der Waals surface area contributed by atoms with Crippen LogP contribution in [0.25, 0.3) is 17.0 Å². The second kappa shape index (κ2) is 5.63. The van der Waals surface area contributed by atoms with Crippen LogP contribution in [0.3, 0.4) is 0 Å². The van der Waals surface area contributed by atoms with Gasteiger partial charge in [0, 0.05) is 29.7 Å². The fourth-order valence-corrected chi connectivity index (χ4v) is 1.98. The standard InChI is InChI=1S/C15H19NO2/c1-4-17-15(18-5-2)11-13-10-12-8-6-7-9-14(12)16(13)3/h6-11H,4-5H2,1-3H3. The fourth-order valence-electron chi connectivity index (χ4n) is 1.98. The first kappa shape index (κ1) is 12.6. The number of rotatable bonds is 5. The van der Waals surface area contributed by atoms with Gasteiger partial charge in [-0.15, -0.1) is 0 Å². The van der Waals surface area contributed by atoms with Gasteiger partial charge in [-0.2, -0.15) is 0 Å². The molecule has 1 aromatic carbocycles. The van der Waals surface area contributed by atoms with E-state index in [1.54, 1.807) is 0 Å². The van der Waals surface area contributed by atoms with Gasteiger partial charge in [-0.25, -0.2) is 0 Å². The first-order chi connectivity index (χ1) is 8.76. The molecular weight excluding hydrogens is 226 g/mol.